The van der Waals surface area contributed by atoms with Crippen molar-refractivity contribution in [2.75, 3.05) is 62.7 Å². The van der Waals surface area contributed by atoms with Crippen molar-refractivity contribution in [1.29, 1.82) is 0 Å². The van der Waals surface area contributed by atoms with Crippen molar-refractivity contribution in [3.8, 4) is 5.75 Å². The van der Waals surface area contributed by atoms with Crippen LogP contribution in [-0.4, -0.2) is 86.5 Å². The lowest BCUT2D eigenvalue weighted by Gasteiger charge is -2.40. The number of piperidine rings is 2. The van der Waals surface area contributed by atoms with Gasteiger partial charge in [-0.15, -0.1) is 0 Å². The molecule has 0 saturated carbocycles. The van der Waals surface area contributed by atoms with Gasteiger partial charge in [0.2, 0.25) is 11.8 Å². The fourth-order valence-electron chi connectivity index (χ4n) is 9.67. The predicted molar refractivity (Wildman–Crippen MR) is 221 cm³/mol. The Hall–Kier alpha value is -5.41. The Morgan fingerprint density at radius 2 is 1.41 bits per heavy atom. The molecule has 0 aromatic heterocycles. The van der Waals surface area contributed by atoms with Gasteiger partial charge < -0.3 is 19.4 Å². The number of anilines is 2. The first-order valence-electron chi connectivity index (χ1n) is 20.5. The molecule has 9 heteroatoms. The molecule has 9 rings (SSSR count). The highest BCUT2D eigenvalue weighted by Crippen LogP contribution is 2.41. The molecular formula is C47H51N5O4. The van der Waals surface area contributed by atoms with Crippen LogP contribution in [0.5, 0.6) is 5.75 Å². The van der Waals surface area contributed by atoms with Crippen LogP contribution in [0.2, 0.25) is 0 Å². The first-order valence-corrected chi connectivity index (χ1v) is 20.5. The van der Waals surface area contributed by atoms with Crippen molar-refractivity contribution in [1.82, 2.24) is 15.1 Å². The summed E-state index contributed by atoms with van der Waals surface area (Å²) in [5.41, 5.74) is 12.1. The van der Waals surface area contributed by atoms with E-state index < -0.39 is 6.04 Å². The number of imide groups is 1. The topological polar surface area (TPSA) is 85.4 Å². The number of allylic oxidation sites excluding steroid dienone is 1. The van der Waals surface area contributed by atoms with E-state index in [0.717, 1.165) is 82.1 Å². The highest BCUT2D eigenvalue weighted by atomic mass is 16.5. The van der Waals surface area contributed by atoms with E-state index in [-0.39, 0.29) is 24.1 Å². The van der Waals surface area contributed by atoms with Gasteiger partial charge in [-0.1, -0.05) is 48.5 Å². The van der Waals surface area contributed by atoms with Crippen molar-refractivity contribution >= 4 is 40.2 Å². The summed E-state index contributed by atoms with van der Waals surface area (Å²) in [4.78, 5) is 46.5. The predicted octanol–water partition coefficient (Wildman–Crippen LogP) is 6.79. The Bertz CT molecular complexity index is 2150. The third kappa shape index (κ3) is 7.20. The second-order valence-electron chi connectivity index (χ2n) is 16.1. The molecule has 0 radical (unpaired) electrons. The molecule has 0 unspecified atom stereocenters. The van der Waals surface area contributed by atoms with Gasteiger partial charge in [0.1, 0.15) is 11.8 Å². The summed E-state index contributed by atoms with van der Waals surface area (Å²) in [5, 5.41) is 2.39. The molecule has 4 aromatic rings. The first-order chi connectivity index (χ1) is 27.4. The summed E-state index contributed by atoms with van der Waals surface area (Å²) in [6.07, 6.45) is 6.24. The summed E-state index contributed by atoms with van der Waals surface area (Å²) in [5.74, 6) is 0.864. The highest BCUT2D eigenvalue weighted by molar-refractivity contribution is 6.05. The summed E-state index contributed by atoms with van der Waals surface area (Å²) in [6, 6.07) is 32.3. The molecule has 4 heterocycles. The van der Waals surface area contributed by atoms with Crippen LogP contribution in [0.1, 0.15) is 76.7 Å². The van der Waals surface area contributed by atoms with Crippen LogP contribution in [0.4, 0.5) is 11.4 Å². The number of rotatable bonds is 8. The third-order valence-corrected chi connectivity index (χ3v) is 12.8. The number of amides is 3. The van der Waals surface area contributed by atoms with Crippen molar-refractivity contribution < 1.29 is 19.1 Å². The van der Waals surface area contributed by atoms with Gasteiger partial charge in [0.05, 0.1) is 7.11 Å². The molecule has 0 spiro atoms. The van der Waals surface area contributed by atoms with Crippen molar-refractivity contribution in [3.63, 3.8) is 0 Å². The standard InChI is InChI=1S/C47H51N5O4/c1-56-39-15-17-41-35(29-39)8-5-9-40(33-6-3-2-4-7-33)45(41)34-10-12-37(13-11-34)50-22-20-32(21-23-50)30-49-24-26-51(27-25-49)38-14-16-42-36(28-38)31-52(47(42)55)43-18-19-44(53)48-46(43)54/h2-4,6-7,10-17,28-29,32,43H,5,8-9,18-27,30-31H2,1H3,(H,48,53,54)/t43-/m1/s1. The molecular weight excluding hydrogens is 699 g/mol. The number of nitrogens with one attached hydrogen (secondary N) is 1. The lowest BCUT2D eigenvalue weighted by atomic mass is 9.87. The van der Waals surface area contributed by atoms with Gasteiger partial charge in [0, 0.05) is 75.7 Å². The minimum absolute atomic E-state index is 0.119. The summed E-state index contributed by atoms with van der Waals surface area (Å²) < 4.78 is 5.61. The van der Waals surface area contributed by atoms with E-state index in [2.05, 4.69) is 105 Å². The lowest BCUT2D eigenvalue weighted by Crippen LogP contribution is -2.52. The van der Waals surface area contributed by atoms with E-state index in [1.807, 2.05) is 6.07 Å². The number of hydrogen-bond donors (Lipinski definition) is 1. The summed E-state index contributed by atoms with van der Waals surface area (Å²) in [6.45, 7) is 7.66. The summed E-state index contributed by atoms with van der Waals surface area (Å²) >= 11 is 0. The maximum Gasteiger partial charge on any atom is 0.255 e. The van der Waals surface area contributed by atoms with Crippen molar-refractivity contribution in [2.45, 2.75) is 57.5 Å². The van der Waals surface area contributed by atoms with E-state index >= 15 is 0 Å². The first kappa shape index (κ1) is 36.2. The fraction of sp³-hybridized carbons (Fsp3) is 0.383. The number of methoxy groups -OCH3 is 1. The second-order valence-corrected chi connectivity index (χ2v) is 16.1. The minimum Gasteiger partial charge on any atom is -0.497 e. The summed E-state index contributed by atoms with van der Waals surface area (Å²) in [7, 11) is 1.75. The molecule has 3 fully saturated rings. The second kappa shape index (κ2) is 15.6. The molecule has 1 N–H and O–H groups in total. The van der Waals surface area contributed by atoms with Gasteiger partial charge in [0.15, 0.2) is 0 Å². The van der Waals surface area contributed by atoms with Crippen LogP contribution in [0.25, 0.3) is 11.1 Å². The van der Waals surface area contributed by atoms with Gasteiger partial charge in [-0.05, 0) is 126 Å². The number of fused-ring (bicyclic) bond motifs is 2. The number of ether oxygens (including phenoxy) is 1. The normalized spacial score (nSPS) is 20.8. The number of carbonyl (C=O) groups excluding carboxylic acids is 3. The molecule has 5 aliphatic rings. The SMILES string of the molecule is COc1ccc2c(c1)CCCC(c1ccccc1)=C2c1ccc(N2CCC(CN3CCN(c4ccc5c(c4)CN([C@@H]4CCC(=O)NC4=O)C5=O)CC3)CC2)cc1. The minimum atomic E-state index is -0.584. The highest BCUT2D eigenvalue weighted by Gasteiger charge is 2.39. The lowest BCUT2D eigenvalue weighted by molar-refractivity contribution is -0.136. The van der Waals surface area contributed by atoms with Gasteiger partial charge in [-0.2, -0.15) is 0 Å². The van der Waals surface area contributed by atoms with Crippen molar-refractivity contribution in [2.24, 2.45) is 5.92 Å². The molecule has 56 heavy (non-hydrogen) atoms. The number of benzene rings is 4. The number of piperazine rings is 1. The maximum atomic E-state index is 13.2. The quantitative estimate of drug-likeness (QED) is 0.199. The third-order valence-electron chi connectivity index (χ3n) is 12.8. The largest absolute Gasteiger partial charge is 0.497 e. The van der Waals surface area contributed by atoms with Crippen LogP contribution in [-0.2, 0) is 22.6 Å². The zero-order valence-corrected chi connectivity index (χ0v) is 32.3. The monoisotopic (exact) mass is 749 g/mol. The van der Waals surface area contributed by atoms with E-state index in [4.69, 9.17) is 4.74 Å². The number of carbonyl (C=O) groups is 3. The van der Waals surface area contributed by atoms with E-state index in [0.29, 0.717) is 24.4 Å². The fourth-order valence-corrected chi connectivity index (χ4v) is 9.67. The molecule has 4 aromatic carbocycles. The van der Waals surface area contributed by atoms with E-state index in [1.54, 1.807) is 12.0 Å². The van der Waals surface area contributed by atoms with Crippen LogP contribution in [0.15, 0.2) is 91.0 Å². The molecule has 1 atom stereocenters. The Kier molecular flexibility index (Phi) is 10.1. The van der Waals surface area contributed by atoms with Crippen LogP contribution in [0.3, 0.4) is 0 Å². The smallest absolute Gasteiger partial charge is 0.255 e. The average molecular weight is 750 g/mol. The molecule has 9 nitrogen and oxygen atoms in total. The van der Waals surface area contributed by atoms with Gasteiger partial charge in [-0.3, -0.25) is 24.6 Å². The molecule has 1 aliphatic carbocycles. The molecule has 288 valence electrons. The molecule has 4 aliphatic heterocycles. The van der Waals surface area contributed by atoms with Crippen molar-refractivity contribution in [3.05, 3.63) is 124 Å². The average Bonchev–Trinajstić information content (AvgIpc) is 3.43. The van der Waals surface area contributed by atoms with E-state index in [9.17, 15) is 14.4 Å². The maximum absolute atomic E-state index is 13.2. The van der Waals surface area contributed by atoms with Crippen LogP contribution in [0, 0.1) is 5.92 Å². The Morgan fingerprint density at radius 1 is 0.679 bits per heavy atom. The number of aryl methyl sites for hydroxylation is 1. The number of nitrogens with zero attached hydrogens (tertiary/aromatic N) is 4. The Labute approximate surface area is 329 Å². The Morgan fingerprint density at radius 3 is 2.16 bits per heavy atom. The Balaban J connectivity index is 0.801. The van der Waals surface area contributed by atoms with Crippen LogP contribution >= 0.6 is 0 Å². The molecule has 0 bridgehead atoms. The van der Waals surface area contributed by atoms with Crippen LogP contribution < -0.4 is 19.9 Å². The number of hydrogen-bond acceptors (Lipinski definition) is 7. The molecule has 3 amide bonds. The van der Waals surface area contributed by atoms with E-state index in [1.165, 1.54) is 51.9 Å². The van der Waals surface area contributed by atoms with Gasteiger partial charge in [0.25, 0.3) is 5.91 Å². The van der Waals surface area contributed by atoms with Gasteiger partial charge in [-0.25, -0.2) is 0 Å². The zero-order chi connectivity index (χ0) is 38.2. The molecule has 3 saturated heterocycles. The van der Waals surface area contributed by atoms with Gasteiger partial charge >= 0.3 is 0 Å². The zero-order valence-electron chi connectivity index (χ0n) is 32.3.